The molecule has 0 aliphatic heterocycles. The quantitative estimate of drug-likeness (QED) is 0.168. The largest absolute Gasteiger partial charge is 0.453 e. The van der Waals surface area contributed by atoms with Gasteiger partial charge in [0.15, 0.2) is 23.1 Å². The number of fused-ring (bicyclic) bond motifs is 10. The summed E-state index contributed by atoms with van der Waals surface area (Å²) in [5, 5.41) is 6.94. The van der Waals surface area contributed by atoms with Gasteiger partial charge in [-0.25, -0.2) is 15.0 Å². The molecule has 294 valence electrons. The van der Waals surface area contributed by atoms with Gasteiger partial charge in [0, 0.05) is 60.3 Å². The third-order valence-corrected chi connectivity index (χ3v) is 12.4. The molecule has 6 nitrogen and oxygen atoms in total. The Kier molecular flexibility index (Phi) is 7.80. The minimum Gasteiger partial charge on any atom is -0.453 e. The molecule has 0 bridgehead atoms. The third kappa shape index (κ3) is 5.48. The minimum atomic E-state index is 0.618. The first-order chi connectivity index (χ1) is 31.3. The number of rotatable bonds is 6. The SMILES string of the molecule is c1ccc(-c2nc(-c3ccccc3)nc(-c3ccc(-c4cccc5c4oc4c(-n6c7ccccc7c7ccc8c9ccccc9n(-c9ccccc9)c8c76)cccc45)cc3)n2)cc1. The summed E-state index contributed by atoms with van der Waals surface area (Å²) in [5.41, 5.74) is 13.2. The summed E-state index contributed by atoms with van der Waals surface area (Å²) >= 11 is 0. The normalized spacial score (nSPS) is 11.8. The number of furan rings is 1. The van der Waals surface area contributed by atoms with Crippen molar-refractivity contribution >= 4 is 65.6 Å². The third-order valence-electron chi connectivity index (χ3n) is 12.4. The van der Waals surface area contributed by atoms with E-state index in [1.807, 2.05) is 60.7 Å². The average molecular weight is 806 g/mol. The predicted octanol–water partition coefficient (Wildman–Crippen LogP) is 14.6. The highest BCUT2D eigenvalue weighted by Gasteiger charge is 2.24. The van der Waals surface area contributed by atoms with Crippen LogP contribution in [0.5, 0.6) is 0 Å². The summed E-state index contributed by atoms with van der Waals surface area (Å²) in [6, 6.07) is 74.3. The van der Waals surface area contributed by atoms with Crippen LogP contribution in [0.3, 0.4) is 0 Å². The zero-order valence-electron chi connectivity index (χ0n) is 33.9. The van der Waals surface area contributed by atoms with Crippen LogP contribution in [0.15, 0.2) is 217 Å². The lowest BCUT2D eigenvalue weighted by Gasteiger charge is -2.12. The molecule has 9 aromatic carbocycles. The number of benzene rings is 9. The second-order valence-electron chi connectivity index (χ2n) is 16.0. The Labute approximate surface area is 361 Å². The van der Waals surface area contributed by atoms with Crippen LogP contribution in [-0.2, 0) is 0 Å². The van der Waals surface area contributed by atoms with Gasteiger partial charge in [-0.3, -0.25) is 0 Å². The summed E-state index contributed by atoms with van der Waals surface area (Å²) in [4.78, 5) is 14.8. The molecule has 0 aliphatic carbocycles. The lowest BCUT2D eigenvalue weighted by atomic mass is 10.0. The molecule has 6 heteroatoms. The minimum absolute atomic E-state index is 0.618. The molecule has 13 rings (SSSR count). The molecule has 0 saturated heterocycles. The summed E-state index contributed by atoms with van der Waals surface area (Å²) < 4.78 is 12.0. The Morgan fingerprint density at radius 2 is 0.746 bits per heavy atom. The maximum atomic E-state index is 7.16. The van der Waals surface area contributed by atoms with Crippen LogP contribution < -0.4 is 0 Å². The van der Waals surface area contributed by atoms with Crippen molar-refractivity contribution < 1.29 is 4.42 Å². The second kappa shape index (κ2) is 14.0. The number of aromatic nitrogens is 5. The van der Waals surface area contributed by atoms with Crippen molar-refractivity contribution in [3.05, 3.63) is 212 Å². The van der Waals surface area contributed by atoms with Crippen molar-refractivity contribution in [2.45, 2.75) is 0 Å². The summed E-state index contributed by atoms with van der Waals surface area (Å²) in [7, 11) is 0. The second-order valence-corrected chi connectivity index (χ2v) is 16.0. The van der Waals surface area contributed by atoms with Crippen LogP contribution >= 0.6 is 0 Å². The van der Waals surface area contributed by atoms with Crippen molar-refractivity contribution in [3.63, 3.8) is 0 Å². The molecule has 0 atom stereocenters. The fraction of sp³-hybridized carbons (Fsp3) is 0. The van der Waals surface area contributed by atoms with E-state index in [1.165, 1.54) is 27.1 Å². The van der Waals surface area contributed by atoms with Gasteiger partial charge in [0.1, 0.15) is 5.58 Å². The van der Waals surface area contributed by atoms with Gasteiger partial charge in [-0.1, -0.05) is 182 Å². The molecule has 0 unspecified atom stereocenters. The molecule has 0 radical (unpaired) electrons. The summed E-state index contributed by atoms with van der Waals surface area (Å²) in [6.45, 7) is 0. The lowest BCUT2D eigenvalue weighted by Crippen LogP contribution is -2.00. The first-order valence-electron chi connectivity index (χ1n) is 21.2. The monoisotopic (exact) mass is 805 g/mol. The molecule has 4 aromatic heterocycles. The van der Waals surface area contributed by atoms with Gasteiger partial charge in [0.2, 0.25) is 0 Å². The van der Waals surface area contributed by atoms with Crippen LogP contribution in [0.25, 0.3) is 122 Å². The molecule has 13 aromatic rings. The zero-order valence-corrected chi connectivity index (χ0v) is 33.9. The van der Waals surface area contributed by atoms with Gasteiger partial charge in [-0.2, -0.15) is 0 Å². The maximum Gasteiger partial charge on any atom is 0.164 e. The number of para-hydroxylation sites is 5. The maximum absolute atomic E-state index is 7.16. The van der Waals surface area contributed by atoms with Crippen molar-refractivity contribution in [3.8, 4) is 56.7 Å². The van der Waals surface area contributed by atoms with Gasteiger partial charge >= 0.3 is 0 Å². The van der Waals surface area contributed by atoms with E-state index in [-0.39, 0.29) is 0 Å². The Hall–Kier alpha value is -8.61. The van der Waals surface area contributed by atoms with Gasteiger partial charge in [-0.15, -0.1) is 0 Å². The molecule has 0 fully saturated rings. The average Bonchev–Trinajstić information content (AvgIpc) is 4.03. The highest BCUT2D eigenvalue weighted by atomic mass is 16.3. The van der Waals surface area contributed by atoms with E-state index in [4.69, 9.17) is 19.4 Å². The summed E-state index contributed by atoms with van der Waals surface area (Å²) in [6.07, 6.45) is 0. The van der Waals surface area contributed by atoms with E-state index in [0.29, 0.717) is 17.5 Å². The van der Waals surface area contributed by atoms with Crippen molar-refractivity contribution in [1.82, 2.24) is 24.1 Å². The fourth-order valence-corrected chi connectivity index (χ4v) is 9.54. The summed E-state index contributed by atoms with van der Waals surface area (Å²) in [5.74, 6) is 1.89. The number of nitrogens with zero attached hydrogens (tertiary/aromatic N) is 5. The Bertz CT molecular complexity index is 3830. The van der Waals surface area contributed by atoms with Crippen LogP contribution in [0, 0.1) is 0 Å². The highest BCUT2D eigenvalue weighted by molar-refractivity contribution is 6.24. The molecular weight excluding hydrogens is 771 g/mol. The molecule has 0 N–H and O–H groups in total. The van der Waals surface area contributed by atoms with E-state index < -0.39 is 0 Å². The van der Waals surface area contributed by atoms with Crippen molar-refractivity contribution in [1.29, 1.82) is 0 Å². The van der Waals surface area contributed by atoms with Crippen LogP contribution in [-0.4, -0.2) is 24.1 Å². The fourth-order valence-electron chi connectivity index (χ4n) is 9.54. The Balaban J connectivity index is 0.998. The lowest BCUT2D eigenvalue weighted by molar-refractivity contribution is 0.667. The molecule has 0 saturated carbocycles. The standard InChI is InChI=1S/C57H35N5O/c1-4-16-37(17-5-1)55-58-56(38-18-6-2-7-19-38)60-57(59-55)39-32-30-36(31-33-39)41-24-14-25-46-47-26-15-29-50(54(47)63-53(41)46)62-49-28-13-11-23-43(49)45-35-34-44-42-22-10-12-27-48(42)61(51(44)52(45)62)40-20-8-3-9-21-40/h1-35H. The van der Waals surface area contributed by atoms with E-state index in [2.05, 4.69) is 161 Å². The zero-order chi connectivity index (χ0) is 41.4. The van der Waals surface area contributed by atoms with Crippen LogP contribution in [0.1, 0.15) is 0 Å². The molecular formula is C57H35N5O. The Morgan fingerprint density at radius 3 is 1.35 bits per heavy atom. The first kappa shape index (κ1) is 35.2. The van der Waals surface area contributed by atoms with E-state index in [1.54, 1.807) is 0 Å². The smallest absolute Gasteiger partial charge is 0.164 e. The van der Waals surface area contributed by atoms with E-state index in [0.717, 1.165) is 77.7 Å². The molecule has 0 amide bonds. The highest BCUT2D eigenvalue weighted by Crippen LogP contribution is 2.44. The van der Waals surface area contributed by atoms with Gasteiger partial charge < -0.3 is 13.6 Å². The van der Waals surface area contributed by atoms with Gasteiger partial charge in [0.05, 0.1) is 27.8 Å². The number of hydrogen-bond donors (Lipinski definition) is 0. The predicted molar refractivity (Wildman–Crippen MR) is 258 cm³/mol. The Morgan fingerprint density at radius 1 is 0.302 bits per heavy atom. The molecule has 0 spiro atoms. The van der Waals surface area contributed by atoms with Crippen molar-refractivity contribution in [2.24, 2.45) is 0 Å². The molecule has 0 aliphatic rings. The number of hydrogen-bond acceptors (Lipinski definition) is 4. The van der Waals surface area contributed by atoms with Gasteiger partial charge in [0.25, 0.3) is 0 Å². The van der Waals surface area contributed by atoms with Crippen molar-refractivity contribution in [2.75, 3.05) is 0 Å². The first-order valence-corrected chi connectivity index (χ1v) is 21.2. The van der Waals surface area contributed by atoms with Crippen LogP contribution in [0.2, 0.25) is 0 Å². The molecule has 4 heterocycles. The topological polar surface area (TPSA) is 61.7 Å². The van der Waals surface area contributed by atoms with Gasteiger partial charge in [-0.05, 0) is 35.9 Å². The molecule has 63 heavy (non-hydrogen) atoms. The van der Waals surface area contributed by atoms with Crippen LogP contribution in [0.4, 0.5) is 0 Å². The van der Waals surface area contributed by atoms with E-state index >= 15 is 0 Å². The van der Waals surface area contributed by atoms with E-state index in [9.17, 15) is 0 Å².